The van der Waals surface area contributed by atoms with Gasteiger partial charge in [-0.15, -0.1) is 0 Å². The molecule has 0 atom stereocenters. The zero-order valence-corrected chi connectivity index (χ0v) is 16.8. The summed E-state index contributed by atoms with van der Waals surface area (Å²) < 4.78 is 30.5. The molecule has 0 radical (unpaired) electrons. The van der Waals surface area contributed by atoms with Crippen molar-refractivity contribution in [3.63, 3.8) is 0 Å². The summed E-state index contributed by atoms with van der Waals surface area (Å²) in [6, 6.07) is 6.40. The van der Waals surface area contributed by atoms with Gasteiger partial charge in [0, 0.05) is 24.2 Å². The molecule has 1 aromatic carbocycles. The number of carbonyl (C=O) groups excluding carboxylic acids is 1. The summed E-state index contributed by atoms with van der Waals surface area (Å²) in [6.07, 6.45) is 4.74. The van der Waals surface area contributed by atoms with Gasteiger partial charge in [0.05, 0.1) is 9.37 Å². The van der Waals surface area contributed by atoms with Crippen LogP contribution in [0.25, 0.3) is 0 Å². The van der Waals surface area contributed by atoms with Crippen molar-refractivity contribution in [2.75, 3.05) is 6.26 Å². The van der Waals surface area contributed by atoms with Crippen LogP contribution in [0.1, 0.15) is 40.5 Å². The van der Waals surface area contributed by atoms with Crippen LogP contribution in [-0.2, 0) is 21.2 Å². The molecule has 1 aliphatic carbocycles. The first-order chi connectivity index (χ1) is 12.2. The van der Waals surface area contributed by atoms with Crippen LogP contribution in [0.4, 0.5) is 0 Å². The van der Waals surface area contributed by atoms with Crippen molar-refractivity contribution in [2.45, 2.75) is 37.3 Å². The maximum Gasteiger partial charge on any atom is 0.344 e. The number of hydrogen-bond acceptors (Lipinski definition) is 5. The zero-order valence-electron chi connectivity index (χ0n) is 14.4. The predicted octanol–water partition coefficient (Wildman–Crippen LogP) is 3.01. The van der Waals surface area contributed by atoms with E-state index in [0.29, 0.717) is 16.1 Å². The van der Waals surface area contributed by atoms with E-state index in [-0.39, 0.29) is 17.1 Å². The molecule has 138 valence electrons. The molecule has 0 spiro atoms. The van der Waals surface area contributed by atoms with Crippen molar-refractivity contribution in [2.24, 2.45) is 0 Å². The van der Waals surface area contributed by atoms with Crippen LogP contribution in [0.5, 0.6) is 0 Å². The van der Waals surface area contributed by atoms with Gasteiger partial charge >= 0.3 is 5.97 Å². The molecule has 1 heterocycles. The van der Waals surface area contributed by atoms with Crippen LogP contribution in [-0.4, -0.2) is 25.2 Å². The van der Waals surface area contributed by atoms with Crippen molar-refractivity contribution in [3.05, 3.63) is 62.0 Å². The second kappa shape index (κ2) is 7.00. The van der Waals surface area contributed by atoms with Crippen LogP contribution in [0.2, 0.25) is 0 Å². The fraction of sp³-hybridized carbons (Fsp3) is 0.333. The average Bonchev–Trinajstić information content (AvgIpc) is 3.42. The minimum atomic E-state index is -3.27. The summed E-state index contributed by atoms with van der Waals surface area (Å²) in [5.41, 5.74) is 1.03. The third-order valence-corrected chi connectivity index (χ3v) is 6.36. The predicted molar refractivity (Wildman–Crippen MR) is 100 cm³/mol. The summed E-state index contributed by atoms with van der Waals surface area (Å²) in [6.45, 7) is 1.79. The Hall–Kier alpha value is -1.93. The Labute approximate surface area is 159 Å². The number of esters is 1. The molecule has 1 saturated carbocycles. The summed E-state index contributed by atoms with van der Waals surface area (Å²) in [5.74, 6) is -0.697. The molecule has 1 aliphatic rings. The van der Waals surface area contributed by atoms with Crippen LogP contribution in [0.3, 0.4) is 0 Å². The van der Waals surface area contributed by atoms with Crippen LogP contribution < -0.4 is 5.43 Å². The molecule has 2 aromatic rings. The highest BCUT2D eigenvalue weighted by molar-refractivity contribution is 9.10. The highest BCUT2D eigenvalue weighted by atomic mass is 79.9. The quantitative estimate of drug-likeness (QED) is 0.668. The van der Waals surface area contributed by atoms with E-state index >= 15 is 0 Å². The van der Waals surface area contributed by atoms with Gasteiger partial charge in [-0.25, -0.2) is 13.2 Å². The lowest BCUT2D eigenvalue weighted by molar-refractivity contribution is 0.0470. The van der Waals surface area contributed by atoms with E-state index < -0.39 is 21.2 Å². The van der Waals surface area contributed by atoms with Gasteiger partial charge in [0.1, 0.15) is 12.2 Å². The zero-order chi connectivity index (χ0) is 19.1. The van der Waals surface area contributed by atoms with Crippen LogP contribution >= 0.6 is 15.9 Å². The number of pyridine rings is 1. The molecule has 0 bridgehead atoms. The third kappa shape index (κ3) is 3.91. The Morgan fingerprint density at radius 1 is 1.27 bits per heavy atom. The number of hydrogen-bond donors (Lipinski definition) is 0. The Kier molecular flexibility index (Phi) is 5.07. The highest BCUT2D eigenvalue weighted by Gasteiger charge is 2.27. The third-order valence-electron chi connectivity index (χ3n) is 4.30. The molecule has 3 rings (SSSR count). The van der Waals surface area contributed by atoms with E-state index in [1.165, 1.54) is 12.1 Å². The number of rotatable bonds is 5. The van der Waals surface area contributed by atoms with E-state index in [4.69, 9.17) is 4.74 Å². The van der Waals surface area contributed by atoms with Gasteiger partial charge in [-0.2, -0.15) is 0 Å². The standard InChI is InChI=1S/C18H18BrNO5S/c1-11-16(19)17(21)15(9-20(11)13-5-6-13)18(22)25-10-12-3-7-14(8-4-12)26(2,23)24/h3-4,7-9,13H,5-6,10H2,1-2H3. The van der Waals surface area contributed by atoms with E-state index in [1.54, 1.807) is 18.3 Å². The molecular weight excluding hydrogens is 422 g/mol. The SMILES string of the molecule is Cc1c(Br)c(=O)c(C(=O)OCc2ccc(S(C)(=O)=O)cc2)cn1C1CC1. The van der Waals surface area contributed by atoms with E-state index in [0.717, 1.165) is 24.8 Å². The first-order valence-corrected chi connectivity index (χ1v) is 10.7. The largest absolute Gasteiger partial charge is 0.457 e. The lowest BCUT2D eigenvalue weighted by Gasteiger charge is -2.13. The van der Waals surface area contributed by atoms with Gasteiger partial charge in [0.15, 0.2) is 9.84 Å². The Balaban J connectivity index is 1.77. The van der Waals surface area contributed by atoms with Gasteiger partial charge in [-0.1, -0.05) is 12.1 Å². The maximum absolute atomic E-state index is 12.4. The molecule has 0 amide bonds. The number of aromatic nitrogens is 1. The molecule has 6 nitrogen and oxygen atoms in total. The molecule has 1 fully saturated rings. The van der Waals surface area contributed by atoms with Gasteiger partial charge in [-0.05, 0) is 53.4 Å². The minimum absolute atomic E-state index is 0.0119. The van der Waals surface area contributed by atoms with Crippen molar-refractivity contribution in [3.8, 4) is 0 Å². The fourth-order valence-corrected chi connectivity index (χ4v) is 3.68. The molecule has 8 heteroatoms. The molecule has 0 N–H and O–H groups in total. The summed E-state index contributed by atoms with van der Waals surface area (Å²) in [5, 5.41) is 0. The number of ether oxygens (including phenoxy) is 1. The number of sulfone groups is 1. The monoisotopic (exact) mass is 439 g/mol. The smallest absolute Gasteiger partial charge is 0.344 e. The van der Waals surface area contributed by atoms with Crippen molar-refractivity contribution >= 4 is 31.7 Å². The molecule has 0 unspecified atom stereocenters. The molecule has 0 aliphatic heterocycles. The number of benzene rings is 1. The second-order valence-electron chi connectivity index (χ2n) is 6.40. The number of nitrogens with zero attached hydrogens (tertiary/aromatic N) is 1. The first-order valence-electron chi connectivity index (χ1n) is 8.06. The van der Waals surface area contributed by atoms with Gasteiger partial charge in [-0.3, -0.25) is 4.79 Å². The average molecular weight is 440 g/mol. The second-order valence-corrected chi connectivity index (χ2v) is 9.21. The molecule has 26 heavy (non-hydrogen) atoms. The first kappa shape index (κ1) is 18.8. The van der Waals surface area contributed by atoms with Gasteiger partial charge in [0.25, 0.3) is 0 Å². The summed E-state index contributed by atoms with van der Waals surface area (Å²) >= 11 is 3.27. The lowest BCUT2D eigenvalue weighted by Crippen LogP contribution is -2.22. The Bertz CT molecular complexity index is 1020. The minimum Gasteiger partial charge on any atom is -0.457 e. The van der Waals surface area contributed by atoms with Crippen LogP contribution in [0.15, 0.2) is 44.6 Å². The van der Waals surface area contributed by atoms with Crippen molar-refractivity contribution < 1.29 is 17.9 Å². The number of carbonyl (C=O) groups is 1. The van der Waals surface area contributed by atoms with Gasteiger partial charge < -0.3 is 9.30 Å². The Morgan fingerprint density at radius 3 is 2.42 bits per heavy atom. The van der Waals surface area contributed by atoms with E-state index in [2.05, 4.69) is 15.9 Å². The summed E-state index contributed by atoms with van der Waals surface area (Å²) in [4.78, 5) is 24.9. The topological polar surface area (TPSA) is 82.4 Å². The Morgan fingerprint density at radius 2 is 1.88 bits per heavy atom. The van der Waals surface area contributed by atoms with Gasteiger partial charge in [0.2, 0.25) is 5.43 Å². The lowest BCUT2D eigenvalue weighted by atomic mass is 10.2. The van der Waals surface area contributed by atoms with Crippen LogP contribution in [0, 0.1) is 6.92 Å². The molecule has 1 aromatic heterocycles. The fourth-order valence-electron chi connectivity index (χ4n) is 2.63. The van der Waals surface area contributed by atoms with Crippen molar-refractivity contribution in [1.29, 1.82) is 0 Å². The molecule has 0 saturated heterocycles. The van der Waals surface area contributed by atoms with Crippen molar-refractivity contribution in [1.82, 2.24) is 4.57 Å². The molecular formula is C18H18BrNO5S. The summed E-state index contributed by atoms with van der Waals surface area (Å²) in [7, 11) is -3.27. The van der Waals surface area contributed by atoms with E-state index in [9.17, 15) is 18.0 Å². The van der Waals surface area contributed by atoms with E-state index in [1.807, 2.05) is 11.5 Å². The number of halogens is 1. The highest BCUT2D eigenvalue weighted by Crippen LogP contribution is 2.36. The normalized spacial score (nSPS) is 14.3. The maximum atomic E-state index is 12.4.